The maximum Gasteiger partial charge on any atom is 0.193 e. The minimum Gasteiger partial charge on any atom is -0.361 e. The molecular formula is C15H11NO. The summed E-state index contributed by atoms with van der Waals surface area (Å²) in [6.45, 7) is 0. The molecule has 3 rings (SSSR count). The number of nitrogens with one attached hydrogen (secondary N) is 1. The van der Waals surface area contributed by atoms with Crippen molar-refractivity contribution in [2.24, 2.45) is 0 Å². The van der Waals surface area contributed by atoms with Crippen molar-refractivity contribution < 1.29 is 4.79 Å². The highest BCUT2D eigenvalue weighted by Gasteiger charge is 2.08. The molecule has 0 saturated carbocycles. The molecule has 1 aromatic heterocycles. The quantitative estimate of drug-likeness (QED) is 0.661. The Morgan fingerprint density at radius 1 is 0.882 bits per heavy atom. The Kier molecular flexibility index (Phi) is 2.26. The molecule has 0 spiro atoms. The van der Waals surface area contributed by atoms with Crippen molar-refractivity contribution in [2.45, 2.75) is 0 Å². The summed E-state index contributed by atoms with van der Waals surface area (Å²) in [4.78, 5) is 15.3. The van der Waals surface area contributed by atoms with Crippen LogP contribution in [0.2, 0.25) is 0 Å². The van der Waals surface area contributed by atoms with E-state index in [0.29, 0.717) is 0 Å². The van der Waals surface area contributed by atoms with Crippen LogP contribution in [0.5, 0.6) is 0 Å². The number of hydrogen-bond acceptors (Lipinski definition) is 1. The summed E-state index contributed by atoms with van der Waals surface area (Å²) in [5.41, 5.74) is 2.50. The fourth-order valence-electron chi connectivity index (χ4n) is 1.95. The molecule has 0 aliphatic carbocycles. The molecule has 0 fully saturated rings. The van der Waals surface area contributed by atoms with Crippen molar-refractivity contribution in [3.8, 4) is 0 Å². The van der Waals surface area contributed by atoms with Gasteiger partial charge in [0.2, 0.25) is 0 Å². The topological polar surface area (TPSA) is 32.9 Å². The van der Waals surface area contributed by atoms with Gasteiger partial charge >= 0.3 is 0 Å². The van der Waals surface area contributed by atoms with Gasteiger partial charge in [-0.2, -0.15) is 0 Å². The van der Waals surface area contributed by atoms with Crippen LogP contribution in [-0.2, 0) is 0 Å². The molecule has 0 unspecified atom stereocenters. The lowest BCUT2D eigenvalue weighted by molar-refractivity contribution is 0.103. The third kappa shape index (κ3) is 1.74. The number of hydrogen-bond donors (Lipinski definition) is 1. The second-order valence-corrected chi connectivity index (χ2v) is 3.97. The first-order valence-corrected chi connectivity index (χ1v) is 5.51. The predicted molar refractivity (Wildman–Crippen MR) is 68.2 cm³/mol. The monoisotopic (exact) mass is 221 g/mol. The zero-order valence-corrected chi connectivity index (χ0v) is 9.18. The Hall–Kier alpha value is -2.35. The standard InChI is InChI=1S/C15H11NO/c17-15(11-4-2-1-3-5-11)13-6-7-14-12(10-13)8-9-16-14/h1-10,16H. The Labute approximate surface area is 98.9 Å². The fourth-order valence-corrected chi connectivity index (χ4v) is 1.95. The van der Waals surface area contributed by atoms with Gasteiger partial charge in [-0.1, -0.05) is 30.3 Å². The van der Waals surface area contributed by atoms with Gasteiger partial charge in [0.05, 0.1) is 0 Å². The average Bonchev–Trinajstić information content (AvgIpc) is 2.86. The van der Waals surface area contributed by atoms with Crippen molar-refractivity contribution >= 4 is 16.7 Å². The van der Waals surface area contributed by atoms with Gasteiger partial charge in [0, 0.05) is 28.2 Å². The number of ketones is 1. The first kappa shape index (κ1) is 9.85. The van der Waals surface area contributed by atoms with Crippen LogP contribution in [-0.4, -0.2) is 10.8 Å². The number of aromatic nitrogens is 1. The van der Waals surface area contributed by atoms with E-state index in [1.54, 1.807) is 0 Å². The Balaban J connectivity index is 2.06. The highest BCUT2D eigenvalue weighted by molar-refractivity contribution is 6.10. The van der Waals surface area contributed by atoms with E-state index in [0.717, 1.165) is 22.0 Å². The minimum absolute atomic E-state index is 0.0636. The SMILES string of the molecule is O=C(c1ccccc1)c1ccc2[nH]ccc2c1. The minimum atomic E-state index is 0.0636. The summed E-state index contributed by atoms with van der Waals surface area (Å²) in [6, 6.07) is 17.0. The summed E-state index contributed by atoms with van der Waals surface area (Å²) in [6.07, 6.45) is 1.88. The van der Waals surface area contributed by atoms with E-state index in [-0.39, 0.29) is 5.78 Å². The van der Waals surface area contributed by atoms with Crippen LogP contribution >= 0.6 is 0 Å². The highest BCUT2D eigenvalue weighted by atomic mass is 16.1. The van der Waals surface area contributed by atoms with E-state index >= 15 is 0 Å². The molecular weight excluding hydrogens is 210 g/mol. The lowest BCUT2D eigenvalue weighted by Crippen LogP contribution is -2.00. The van der Waals surface area contributed by atoms with E-state index in [1.807, 2.05) is 60.8 Å². The van der Waals surface area contributed by atoms with E-state index in [4.69, 9.17) is 0 Å². The Morgan fingerprint density at radius 2 is 1.71 bits per heavy atom. The molecule has 0 aliphatic heterocycles. The molecule has 2 nitrogen and oxygen atoms in total. The fraction of sp³-hybridized carbons (Fsp3) is 0. The molecule has 0 saturated heterocycles. The first-order chi connectivity index (χ1) is 8.34. The summed E-state index contributed by atoms with van der Waals surface area (Å²) in [5.74, 6) is 0.0636. The van der Waals surface area contributed by atoms with Crippen LogP contribution in [0.3, 0.4) is 0 Å². The normalized spacial score (nSPS) is 10.6. The third-order valence-corrected chi connectivity index (χ3v) is 2.85. The maximum absolute atomic E-state index is 12.2. The van der Waals surface area contributed by atoms with E-state index in [2.05, 4.69) is 4.98 Å². The number of carbonyl (C=O) groups is 1. The van der Waals surface area contributed by atoms with Crippen LogP contribution in [0.25, 0.3) is 10.9 Å². The van der Waals surface area contributed by atoms with Gasteiger partial charge in [0.15, 0.2) is 5.78 Å². The van der Waals surface area contributed by atoms with Gasteiger partial charge in [-0.15, -0.1) is 0 Å². The lowest BCUT2D eigenvalue weighted by Gasteiger charge is -2.01. The van der Waals surface area contributed by atoms with E-state index in [9.17, 15) is 4.79 Å². The van der Waals surface area contributed by atoms with Crippen LogP contribution in [0.1, 0.15) is 15.9 Å². The second kappa shape index (κ2) is 3.91. The molecule has 2 aromatic carbocycles. The Bertz CT molecular complexity index is 667. The summed E-state index contributed by atoms with van der Waals surface area (Å²) in [5, 5.41) is 1.06. The number of benzene rings is 2. The van der Waals surface area contributed by atoms with E-state index in [1.165, 1.54) is 0 Å². The zero-order valence-electron chi connectivity index (χ0n) is 9.18. The van der Waals surface area contributed by atoms with Crippen LogP contribution in [0.15, 0.2) is 60.8 Å². The van der Waals surface area contributed by atoms with Gasteiger partial charge in [-0.05, 0) is 24.3 Å². The van der Waals surface area contributed by atoms with Crippen molar-refractivity contribution in [3.05, 3.63) is 71.9 Å². The Morgan fingerprint density at radius 3 is 2.53 bits per heavy atom. The molecule has 1 N–H and O–H groups in total. The van der Waals surface area contributed by atoms with Gasteiger partial charge in [0.1, 0.15) is 0 Å². The predicted octanol–water partition coefficient (Wildman–Crippen LogP) is 3.40. The number of carbonyl (C=O) groups excluding carboxylic acids is 1. The van der Waals surface area contributed by atoms with Gasteiger partial charge in [-0.25, -0.2) is 0 Å². The number of aromatic amines is 1. The average molecular weight is 221 g/mol. The van der Waals surface area contributed by atoms with Crippen LogP contribution in [0.4, 0.5) is 0 Å². The largest absolute Gasteiger partial charge is 0.361 e. The molecule has 2 heteroatoms. The van der Waals surface area contributed by atoms with Crippen molar-refractivity contribution in [2.75, 3.05) is 0 Å². The van der Waals surface area contributed by atoms with Crippen LogP contribution in [0, 0.1) is 0 Å². The smallest absolute Gasteiger partial charge is 0.193 e. The molecule has 3 aromatic rings. The molecule has 17 heavy (non-hydrogen) atoms. The van der Waals surface area contributed by atoms with E-state index < -0.39 is 0 Å². The summed E-state index contributed by atoms with van der Waals surface area (Å²) < 4.78 is 0. The van der Waals surface area contributed by atoms with Crippen molar-refractivity contribution in [1.82, 2.24) is 4.98 Å². The zero-order chi connectivity index (χ0) is 11.7. The highest BCUT2D eigenvalue weighted by Crippen LogP contribution is 2.17. The summed E-state index contributed by atoms with van der Waals surface area (Å²) in [7, 11) is 0. The molecule has 82 valence electrons. The van der Waals surface area contributed by atoms with Crippen LogP contribution < -0.4 is 0 Å². The van der Waals surface area contributed by atoms with Gasteiger partial charge in [-0.3, -0.25) is 4.79 Å². The van der Waals surface area contributed by atoms with Crippen molar-refractivity contribution in [3.63, 3.8) is 0 Å². The first-order valence-electron chi connectivity index (χ1n) is 5.51. The summed E-state index contributed by atoms with van der Waals surface area (Å²) >= 11 is 0. The lowest BCUT2D eigenvalue weighted by atomic mass is 10.0. The molecule has 0 amide bonds. The third-order valence-electron chi connectivity index (χ3n) is 2.85. The molecule has 0 atom stereocenters. The van der Waals surface area contributed by atoms with Crippen molar-refractivity contribution in [1.29, 1.82) is 0 Å². The van der Waals surface area contributed by atoms with Gasteiger partial charge < -0.3 is 4.98 Å². The number of rotatable bonds is 2. The molecule has 0 radical (unpaired) electrons. The van der Waals surface area contributed by atoms with Gasteiger partial charge in [0.25, 0.3) is 0 Å². The number of H-pyrrole nitrogens is 1. The second-order valence-electron chi connectivity index (χ2n) is 3.97. The molecule has 0 aliphatic rings. The molecule has 0 bridgehead atoms. The molecule has 1 heterocycles. The maximum atomic E-state index is 12.2. The number of fused-ring (bicyclic) bond motifs is 1.